The van der Waals surface area contributed by atoms with E-state index in [0.717, 1.165) is 18.5 Å². The van der Waals surface area contributed by atoms with Gasteiger partial charge in [0.15, 0.2) is 0 Å². The second-order valence-electron chi connectivity index (χ2n) is 4.50. The molecule has 18 heavy (non-hydrogen) atoms. The van der Waals surface area contributed by atoms with Gasteiger partial charge in [0.25, 0.3) is 5.91 Å². The van der Waals surface area contributed by atoms with Crippen LogP contribution in [0.2, 0.25) is 0 Å². The molecular weight excluding hydrogens is 224 g/mol. The molecule has 0 saturated carbocycles. The minimum atomic E-state index is 0.0498. The number of nitrogens with zero attached hydrogens (tertiary/aromatic N) is 1. The highest BCUT2D eigenvalue weighted by Crippen LogP contribution is 2.12. The number of hydrogen-bond donors (Lipinski definition) is 1. The smallest absolute Gasteiger partial charge is 0.254 e. The Morgan fingerprint density at radius 2 is 2.17 bits per heavy atom. The fourth-order valence-electron chi connectivity index (χ4n) is 1.71. The average molecular weight is 246 g/mol. The van der Waals surface area contributed by atoms with Crippen molar-refractivity contribution in [1.82, 2.24) is 10.2 Å². The van der Waals surface area contributed by atoms with Gasteiger partial charge >= 0.3 is 0 Å². The molecule has 0 fully saturated rings. The molecular formula is C15H22N2O. The molecule has 0 heterocycles. The van der Waals surface area contributed by atoms with Crippen molar-refractivity contribution in [3.63, 3.8) is 0 Å². The zero-order chi connectivity index (χ0) is 13.5. The Hall–Kier alpha value is -1.61. The van der Waals surface area contributed by atoms with E-state index in [0.29, 0.717) is 11.6 Å². The Bertz CT molecular complexity index is 415. The van der Waals surface area contributed by atoms with Crippen molar-refractivity contribution in [2.24, 2.45) is 0 Å². The summed E-state index contributed by atoms with van der Waals surface area (Å²) in [5.41, 5.74) is 1.60. The fourth-order valence-corrected chi connectivity index (χ4v) is 1.71. The molecule has 0 spiro atoms. The first-order chi connectivity index (χ1) is 8.60. The highest BCUT2D eigenvalue weighted by molar-refractivity contribution is 5.97. The highest BCUT2D eigenvalue weighted by atomic mass is 16.2. The predicted octanol–water partition coefficient (Wildman–Crippen LogP) is 2.40. The molecule has 1 amide bonds. The van der Waals surface area contributed by atoms with Gasteiger partial charge in [-0.2, -0.15) is 0 Å². The maximum Gasteiger partial charge on any atom is 0.254 e. The SMILES string of the molecule is C=Cc1ccccc1C(=O)N(C)CCC(C)NC. The summed E-state index contributed by atoms with van der Waals surface area (Å²) in [5, 5.41) is 3.17. The first kappa shape index (κ1) is 14.5. The van der Waals surface area contributed by atoms with Gasteiger partial charge in [0, 0.05) is 25.2 Å². The Morgan fingerprint density at radius 3 is 2.78 bits per heavy atom. The molecule has 0 aromatic heterocycles. The van der Waals surface area contributed by atoms with E-state index >= 15 is 0 Å². The first-order valence-electron chi connectivity index (χ1n) is 6.24. The molecule has 1 aromatic carbocycles. The summed E-state index contributed by atoms with van der Waals surface area (Å²) in [4.78, 5) is 14.0. The minimum Gasteiger partial charge on any atom is -0.342 e. The van der Waals surface area contributed by atoms with Crippen LogP contribution in [0.4, 0.5) is 0 Å². The van der Waals surface area contributed by atoms with Crippen LogP contribution in [0.25, 0.3) is 6.08 Å². The topological polar surface area (TPSA) is 32.3 Å². The number of carbonyl (C=O) groups is 1. The fraction of sp³-hybridized carbons (Fsp3) is 0.400. The molecule has 98 valence electrons. The predicted molar refractivity (Wildman–Crippen MR) is 76.6 cm³/mol. The van der Waals surface area contributed by atoms with Crippen molar-refractivity contribution in [3.8, 4) is 0 Å². The number of nitrogens with one attached hydrogen (secondary N) is 1. The van der Waals surface area contributed by atoms with E-state index in [-0.39, 0.29) is 5.91 Å². The van der Waals surface area contributed by atoms with Gasteiger partial charge < -0.3 is 10.2 Å². The number of rotatable bonds is 6. The van der Waals surface area contributed by atoms with Crippen LogP contribution < -0.4 is 5.32 Å². The maximum atomic E-state index is 12.3. The van der Waals surface area contributed by atoms with Crippen molar-refractivity contribution >= 4 is 12.0 Å². The van der Waals surface area contributed by atoms with Crippen LogP contribution in [-0.2, 0) is 0 Å². The molecule has 1 rings (SSSR count). The summed E-state index contributed by atoms with van der Waals surface area (Å²) in [6.45, 7) is 6.59. The molecule has 1 atom stereocenters. The van der Waals surface area contributed by atoms with Crippen molar-refractivity contribution in [1.29, 1.82) is 0 Å². The maximum absolute atomic E-state index is 12.3. The molecule has 0 saturated heterocycles. The molecule has 3 nitrogen and oxygen atoms in total. The Kier molecular flexibility index (Phi) is 5.59. The first-order valence-corrected chi connectivity index (χ1v) is 6.24. The highest BCUT2D eigenvalue weighted by Gasteiger charge is 2.14. The third kappa shape index (κ3) is 3.70. The summed E-state index contributed by atoms with van der Waals surface area (Å²) in [6.07, 6.45) is 2.66. The van der Waals surface area contributed by atoms with Gasteiger partial charge in [0.1, 0.15) is 0 Å². The largest absolute Gasteiger partial charge is 0.342 e. The van der Waals surface area contributed by atoms with Gasteiger partial charge in [0.05, 0.1) is 0 Å². The van der Waals surface area contributed by atoms with Crippen LogP contribution in [0.15, 0.2) is 30.8 Å². The zero-order valence-electron chi connectivity index (χ0n) is 11.4. The third-order valence-corrected chi connectivity index (χ3v) is 3.15. The van der Waals surface area contributed by atoms with E-state index < -0.39 is 0 Å². The molecule has 0 radical (unpaired) electrons. The van der Waals surface area contributed by atoms with Crippen molar-refractivity contribution in [3.05, 3.63) is 42.0 Å². The van der Waals surface area contributed by atoms with Crippen molar-refractivity contribution < 1.29 is 4.79 Å². The van der Waals surface area contributed by atoms with Crippen LogP contribution in [0.3, 0.4) is 0 Å². The van der Waals surface area contributed by atoms with Crippen molar-refractivity contribution in [2.45, 2.75) is 19.4 Å². The van der Waals surface area contributed by atoms with Crippen LogP contribution in [0.1, 0.15) is 29.3 Å². The van der Waals surface area contributed by atoms with Crippen LogP contribution in [0, 0.1) is 0 Å². The lowest BCUT2D eigenvalue weighted by atomic mass is 10.1. The Morgan fingerprint density at radius 1 is 1.50 bits per heavy atom. The van der Waals surface area contributed by atoms with Gasteiger partial charge in [-0.25, -0.2) is 0 Å². The lowest BCUT2D eigenvalue weighted by Crippen LogP contribution is -2.32. The van der Waals surface area contributed by atoms with Crippen molar-refractivity contribution in [2.75, 3.05) is 20.6 Å². The third-order valence-electron chi connectivity index (χ3n) is 3.15. The van der Waals surface area contributed by atoms with E-state index in [1.54, 1.807) is 11.0 Å². The summed E-state index contributed by atoms with van der Waals surface area (Å²) in [6, 6.07) is 7.96. The molecule has 1 unspecified atom stereocenters. The number of carbonyl (C=O) groups excluding carboxylic acids is 1. The van der Waals surface area contributed by atoms with Gasteiger partial charge in [-0.1, -0.05) is 30.9 Å². The molecule has 0 bridgehead atoms. The summed E-state index contributed by atoms with van der Waals surface area (Å²) < 4.78 is 0. The second kappa shape index (κ2) is 6.97. The summed E-state index contributed by atoms with van der Waals surface area (Å²) >= 11 is 0. The lowest BCUT2D eigenvalue weighted by molar-refractivity contribution is 0.0790. The van der Waals surface area contributed by atoms with Gasteiger partial charge in [-0.3, -0.25) is 4.79 Å². The number of hydrogen-bond acceptors (Lipinski definition) is 2. The van der Waals surface area contributed by atoms with E-state index in [1.165, 1.54) is 0 Å². The molecule has 1 N–H and O–H groups in total. The van der Waals surface area contributed by atoms with E-state index in [4.69, 9.17) is 0 Å². The second-order valence-corrected chi connectivity index (χ2v) is 4.50. The standard InChI is InChI=1S/C15H22N2O/c1-5-13-8-6-7-9-14(13)15(18)17(4)11-10-12(2)16-3/h5-9,12,16H,1,10-11H2,2-4H3. The van der Waals surface area contributed by atoms with Gasteiger partial charge in [-0.05, 0) is 32.0 Å². The normalized spacial score (nSPS) is 11.9. The Labute approximate surface area is 109 Å². The minimum absolute atomic E-state index is 0.0498. The van der Waals surface area contributed by atoms with Crippen LogP contribution in [0.5, 0.6) is 0 Å². The van der Waals surface area contributed by atoms with Gasteiger partial charge in [0.2, 0.25) is 0 Å². The lowest BCUT2D eigenvalue weighted by Gasteiger charge is -2.20. The quantitative estimate of drug-likeness (QED) is 0.836. The molecule has 1 aromatic rings. The number of amides is 1. The van der Waals surface area contributed by atoms with Gasteiger partial charge in [-0.15, -0.1) is 0 Å². The Balaban J connectivity index is 2.71. The van der Waals surface area contributed by atoms with Crippen LogP contribution >= 0.6 is 0 Å². The molecule has 3 heteroatoms. The van der Waals surface area contributed by atoms with Crippen LogP contribution in [-0.4, -0.2) is 37.5 Å². The molecule has 0 aliphatic heterocycles. The molecule has 0 aliphatic carbocycles. The van der Waals surface area contributed by atoms with E-state index in [9.17, 15) is 4.79 Å². The summed E-state index contributed by atoms with van der Waals surface area (Å²) in [7, 11) is 3.77. The average Bonchev–Trinajstić information content (AvgIpc) is 2.43. The molecule has 0 aliphatic rings. The zero-order valence-corrected chi connectivity index (χ0v) is 11.4. The summed E-state index contributed by atoms with van der Waals surface area (Å²) in [5.74, 6) is 0.0498. The van der Waals surface area contributed by atoms with E-state index in [1.807, 2.05) is 38.4 Å². The van der Waals surface area contributed by atoms with E-state index in [2.05, 4.69) is 18.8 Å². The number of benzene rings is 1. The monoisotopic (exact) mass is 246 g/mol.